The van der Waals surface area contributed by atoms with Gasteiger partial charge in [0.15, 0.2) is 0 Å². The van der Waals surface area contributed by atoms with E-state index in [1.54, 1.807) is 31.1 Å². The van der Waals surface area contributed by atoms with Crippen molar-refractivity contribution in [1.29, 1.82) is 0 Å². The molecule has 1 N–H and O–H groups in total. The molecule has 0 saturated heterocycles. The van der Waals surface area contributed by atoms with E-state index in [9.17, 15) is 4.79 Å². The van der Waals surface area contributed by atoms with Gasteiger partial charge in [-0.3, -0.25) is 4.79 Å². The van der Waals surface area contributed by atoms with Crippen molar-refractivity contribution >= 4 is 11.6 Å². The maximum atomic E-state index is 12.0. The summed E-state index contributed by atoms with van der Waals surface area (Å²) in [7, 11) is 3.51. The molecule has 0 unspecified atom stereocenters. The van der Waals surface area contributed by atoms with E-state index in [4.69, 9.17) is 15.8 Å². The van der Waals surface area contributed by atoms with Crippen LogP contribution in [0.5, 0.6) is 5.75 Å². The zero-order chi connectivity index (χ0) is 23.5. The van der Waals surface area contributed by atoms with E-state index in [0.29, 0.717) is 35.3 Å². The molecule has 0 radical (unpaired) electrons. The minimum absolute atomic E-state index is 0.0224. The summed E-state index contributed by atoms with van der Waals surface area (Å²) in [5.74, 6) is 1.45. The minimum atomic E-state index is -0.0224. The highest BCUT2D eigenvalue weighted by Gasteiger charge is 2.27. The van der Waals surface area contributed by atoms with Gasteiger partial charge in [0.1, 0.15) is 5.75 Å². The van der Waals surface area contributed by atoms with Crippen LogP contribution in [0.4, 0.5) is 5.69 Å². The van der Waals surface area contributed by atoms with Crippen molar-refractivity contribution in [2.24, 2.45) is 0 Å². The molecule has 0 fully saturated rings. The molecule has 3 aromatic rings. The molecule has 1 aromatic heterocycles. The first-order valence-electron chi connectivity index (χ1n) is 10.9. The molecule has 170 valence electrons. The summed E-state index contributed by atoms with van der Waals surface area (Å²) < 4.78 is 11.2. The van der Waals surface area contributed by atoms with Gasteiger partial charge in [0.2, 0.25) is 17.4 Å². The largest absolute Gasteiger partial charge is 0.502 e. The van der Waals surface area contributed by atoms with Gasteiger partial charge in [-0.1, -0.05) is 23.4 Å². The summed E-state index contributed by atoms with van der Waals surface area (Å²) in [5.41, 5.74) is 4.34. The Kier molecular flexibility index (Phi) is 6.43. The molecule has 0 saturated carbocycles. The monoisotopic (exact) mass is 445 g/mol. The molecular formula is C25H27N5O3. The van der Waals surface area contributed by atoms with Gasteiger partial charge in [0.25, 0.3) is 5.89 Å². The van der Waals surface area contributed by atoms with Crippen LogP contribution >= 0.6 is 0 Å². The number of ether oxygens (including phenoxy) is 1. The molecule has 33 heavy (non-hydrogen) atoms. The van der Waals surface area contributed by atoms with Gasteiger partial charge in [0.05, 0.1) is 19.2 Å². The number of carbonyl (C=O) groups is 1. The van der Waals surface area contributed by atoms with Crippen LogP contribution in [-0.2, 0) is 11.2 Å². The maximum Gasteiger partial charge on any atom is 0.256 e. The second kappa shape index (κ2) is 9.43. The SMILES string of the molecule is [C-]#[N+]c1cc(-c2nc(-c3cccc4c3CC[C@H]4NCC(=O)N(C)C)no2)ccc1OC(C)C. The van der Waals surface area contributed by atoms with Gasteiger partial charge in [-0.2, -0.15) is 4.98 Å². The van der Waals surface area contributed by atoms with Crippen LogP contribution in [-0.4, -0.2) is 47.7 Å². The Morgan fingerprint density at radius 2 is 2.15 bits per heavy atom. The molecule has 0 bridgehead atoms. The van der Waals surface area contributed by atoms with Gasteiger partial charge in [-0.15, -0.1) is 0 Å². The lowest BCUT2D eigenvalue weighted by molar-refractivity contribution is -0.127. The number of aromatic nitrogens is 2. The number of carbonyl (C=O) groups excluding carboxylic acids is 1. The fourth-order valence-electron chi connectivity index (χ4n) is 3.99. The van der Waals surface area contributed by atoms with Gasteiger partial charge in [-0.05, 0) is 56.0 Å². The van der Waals surface area contributed by atoms with Crippen molar-refractivity contribution in [2.75, 3.05) is 20.6 Å². The van der Waals surface area contributed by atoms with E-state index in [1.807, 2.05) is 32.0 Å². The quantitative estimate of drug-likeness (QED) is 0.543. The number of nitrogens with zero attached hydrogens (tertiary/aromatic N) is 4. The van der Waals surface area contributed by atoms with Gasteiger partial charge in [0, 0.05) is 31.3 Å². The van der Waals surface area contributed by atoms with Crippen LogP contribution in [0.15, 0.2) is 40.9 Å². The summed E-state index contributed by atoms with van der Waals surface area (Å²) >= 11 is 0. The topological polar surface area (TPSA) is 84.9 Å². The fraction of sp³-hybridized carbons (Fsp3) is 0.360. The number of nitrogens with one attached hydrogen (secondary N) is 1. The van der Waals surface area contributed by atoms with E-state index in [-0.39, 0.29) is 18.1 Å². The van der Waals surface area contributed by atoms with Crippen molar-refractivity contribution in [3.63, 3.8) is 0 Å². The van der Waals surface area contributed by atoms with Crippen LogP contribution in [0.1, 0.15) is 37.4 Å². The zero-order valence-corrected chi connectivity index (χ0v) is 19.3. The van der Waals surface area contributed by atoms with Crippen molar-refractivity contribution in [2.45, 2.75) is 38.8 Å². The third-order valence-electron chi connectivity index (χ3n) is 5.63. The van der Waals surface area contributed by atoms with E-state index >= 15 is 0 Å². The molecule has 1 atom stereocenters. The molecule has 1 heterocycles. The maximum absolute atomic E-state index is 12.0. The molecule has 1 amide bonds. The molecule has 8 nitrogen and oxygen atoms in total. The molecule has 0 aliphatic heterocycles. The first-order chi connectivity index (χ1) is 15.9. The fourth-order valence-corrected chi connectivity index (χ4v) is 3.99. The number of fused-ring (bicyclic) bond motifs is 1. The third-order valence-corrected chi connectivity index (χ3v) is 5.63. The first kappa shape index (κ1) is 22.5. The first-order valence-corrected chi connectivity index (χ1v) is 10.9. The Bertz CT molecular complexity index is 1210. The molecule has 2 aromatic carbocycles. The minimum Gasteiger partial charge on any atom is -0.502 e. The summed E-state index contributed by atoms with van der Waals surface area (Å²) in [6.45, 7) is 11.6. The highest BCUT2D eigenvalue weighted by molar-refractivity contribution is 5.77. The predicted molar refractivity (Wildman–Crippen MR) is 125 cm³/mol. The second-order valence-corrected chi connectivity index (χ2v) is 8.52. The summed E-state index contributed by atoms with van der Waals surface area (Å²) in [6.07, 6.45) is 1.75. The van der Waals surface area contributed by atoms with Crippen LogP contribution in [0.3, 0.4) is 0 Å². The van der Waals surface area contributed by atoms with E-state index in [2.05, 4.69) is 26.4 Å². The molecule has 8 heteroatoms. The number of hydrogen-bond acceptors (Lipinski definition) is 6. The molecular weight excluding hydrogens is 418 g/mol. The lowest BCUT2D eigenvalue weighted by Crippen LogP contribution is -2.34. The number of likely N-dealkylation sites (N-methyl/N-ethyl adjacent to an activating group) is 1. The highest BCUT2D eigenvalue weighted by Crippen LogP contribution is 2.38. The van der Waals surface area contributed by atoms with E-state index in [1.165, 1.54) is 5.56 Å². The Hall–Kier alpha value is -3.70. The number of hydrogen-bond donors (Lipinski definition) is 1. The van der Waals surface area contributed by atoms with Gasteiger partial charge >= 0.3 is 0 Å². The van der Waals surface area contributed by atoms with Gasteiger partial charge < -0.3 is 19.5 Å². The van der Waals surface area contributed by atoms with Crippen molar-refractivity contribution in [3.05, 3.63) is 58.9 Å². The normalized spacial score (nSPS) is 14.7. The molecule has 1 aliphatic rings. The number of benzene rings is 2. The van der Waals surface area contributed by atoms with Crippen molar-refractivity contribution < 1.29 is 14.1 Å². The average Bonchev–Trinajstić information content (AvgIpc) is 3.44. The zero-order valence-electron chi connectivity index (χ0n) is 19.3. The Labute approximate surface area is 193 Å². The third kappa shape index (κ3) is 4.73. The lowest BCUT2D eigenvalue weighted by Gasteiger charge is -2.16. The standard InChI is InChI=1S/C25H27N5O3/c1-15(2)32-22-12-9-16(13-21(22)26-3)25-28-24(29-33-25)19-8-6-7-18-17(19)10-11-20(18)27-14-23(31)30(4)5/h6-9,12-13,15,20,27H,10-11,14H2,1-2,4-5H3/t20-/m1/s1. The van der Waals surface area contributed by atoms with E-state index < -0.39 is 0 Å². The highest BCUT2D eigenvalue weighted by atomic mass is 16.5. The van der Waals surface area contributed by atoms with Crippen LogP contribution < -0.4 is 10.1 Å². The smallest absolute Gasteiger partial charge is 0.256 e. The summed E-state index contributed by atoms with van der Waals surface area (Å²) in [4.78, 5) is 21.7. The van der Waals surface area contributed by atoms with Gasteiger partial charge in [-0.25, -0.2) is 4.85 Å². The number of rotatable bonds is 7. The summed E-state index contributed by atoms with van der Waals surface area (Å²) in [5, 5.41) is 7.58. The molecule has 4 rings (SSSR count). The number of amides is 1. The van der Waals surface area contributed by atoms with Crippen LogP contribution in [0.25, 0.3) is 27.7 Å². The Morgan fingerprint density at radius 1 is 1.33 bits per heavy atom. The second-order valence-electron chi connectivity index (χ2n) is 8.52. The average molecular weight is 446 g/mol. The van der Waals surface area contributed by atoms with Crippen LogP contribution in [0.2, 0.25) is 0 Å². The molecule has 1 aliphatic carbocycles. The van der Waals surface area contributed by atoms with Crippen molar-refractivity contribution in [1.82, 2.24) is 20.4 Å². The predicted octanol–water partition coefficient (Wildman–Crippen LogP) is 4.41. The summed E-state index contributed by atoms with van der Waals surface area (Å²) in [6, 6.07) is 11.5. The van der Waals surface area contributed by atoms with Crippen LogP contribution in [0, 0.1) is 6.57 Å². The van der Waals surface area contributed by atoms with E-state index in [0.717, 1.165) is 24.0 Å². The Morgan fingerprint density at radius 3 is 2.88 bits per heavy atom. The molecule has 0 spiro atoms. The Balaban J connectivity index is 1.58. The van der Waals surface area contributed by atoms with Crippen molar-refractivity contribution in [3.8, 4) is 28.6 Å². The lowest BCUT2D eigenvalue weighted by atomic mass is 10.0.